The fourth-order valence-electron chi connectivity index (χ4n) is 1.96. The number of rotatable bonds is 3. The predicted octanol–water partition coefficient (Wildman–Crippen LogP) is 3.33. The van der Waals surface area contributed by atoms with E-state index in [1.165, 1.54) is 4.40 Å². The molecule has 0 bridgehead atoms. The highest BCUT2D eigenvalue weighted by atomic mass is 79.9. The molecule has 6 heteroatoms. The van der Waals surface area contributed by atoms with Gasteiger partial charge in [0.1, 0.15) is 5.65 Å². The molecule has 3 aromatic rings. The van der Waals surface area contributed by atoms with Crippen molar-refractivity contribution < 1.29 is 0 Å². The van der Waals surface area contributed by atoms with Crippen LogP contribution in [0.15, 0.2) is 62.8 Å². The fourth-order valence-corrected chi connectivity index (χ4v) is 3.52. The summed E-state index contributed by atoms with van der Waals surface area (Å²) in [4.78, 5) is 17.6. The number of nitrogens with two attached hydrogens (primary N) is 1. The van der Waals surface area contributed by atoms with E-state index >= 15 is 0 Å². The predicted molar refractivity (Wildman–Crippen MR) is 89.6 cm³/mol. The van der Waals surface area contributed by atoms with E-state index in [2.05, 4.69) is 20.9 Å². The molecule has 3 rings (SSSR count). The number of nitrogens with zero attached hydrogens (tertiary/aromatic N) is 2. The molecule has 0 fully saturated rings. The van der Waals surface area contributed by atoms with Gasteiger partial charge < -0.3 is 5.73 Å². The van der Waals surface area contributed by atoms with Crippen LogP contribution in [0.25, 0.3) is 5.65 Å². The van der Waals surface area contributed by atoms with E-state index < -0.39 is 0 Å². The number of pyridine rings is 1. The van der Waals surface area contributed by atoms with E-state index in [0.717, 1.165) is 15.1 Å². The zero-order valence-corrected chi connectivity index (χ0v) is 13.4. The molecule has 2 aromatic heterocycles. The molecule has 0 atom stereocenters. The molecule has 1 aromatic carbocycles. The minimum absolute atomic E-state index is 0.0624. The fraction of sp³-hybridized carbons (Fsp3) is 0.0667. The highest BCUT2D eigenvalue weighted by Crippen LogP contribution is 2.30. The number of thioether (sulfide) groups is 1. The summed E-state index contributed by atoms with van der Waals surface area (Å²) in [5, 5.41) is 0. The number of anilines is 1. The van der Waals surface area contributed by atoms with E-state index in [-0.39, 0.29) is 5.56 Å². The minimum atomic E-state index is -0.0624. The lowest BCUT2D eigenvalue weighted by atomic mass is 10.3. The third-order valence-corrected chi connectivity index (χ3v) is 4.98. The van der Waals surface area contributed by atoms with Crippen molar-refractivity contribution in [3.63, 3.8) is 0 Å². The van der Waals surface area contributed by atoms with Crippen molar-refractivity contribution in [2.75, 3.05) is 5.73 Å². The van der Waals surface area contributed by atoms with Crippen molar-refractivity contribution in [1.82, 2.24) is 9.38 Å². The quantitative estimate of drug-likeness (QED) is 0.574. The Bertz CT molecular complexity index is 863. The number of fused-ring (bicyclic) bond motifs is 1. The van der Waals surface area contributed by atoms with Crippen LogP contribution in [0.3, 0.4) is 0 Å². The van der Waals surface area contributed by atoms with Gasteiger partial charge >= 0.3 is 0 Å². The first-order valence-electron chi connectivity index (χ1n) is 6.28. The zero-order valence-electron chi connectivity index (χ0n) is 11.0. The second kappa shape index (κ2) is 5.91. The van der Waals surface area contributed by atoms with Crippen LogP contribution in [0.4, 0.5) is 5.69 Å². The van der Waals surface area contributed by atoms with Crippen LogP contribution < -0.4 is 11.3 Å². The Morgan fingerprint density at radius 1 is 1.24 bits per heavy atom. The average Bonchev–Trinajstić information content (AvgIpc) is 2.46. The van der Waals surface area contributed by atoms with Gasteiger partial charge in [0.05, 0.1) is 5.69 Å². The van der Waals surface area contributed by atoms with Crippen LogP contribution in [-0.2, 0) is 5.75 Å². The highest BCUT2D eigenvalue weighted by molar-refractivity contribution is 9.10. The molecule has 0 spiro atoms. The molecule has 0 radical (unpaired) electrons. The molecular formula is C15H12BrN3OS. The van der Waals surface area contributed by atoms with E-state index in [9.17, 15) is 4.79 Å². The summed E-state index contributed by atoms with van der Waals surface area (Å²) in [6.07, 6.45) is 1.72. The lowest BCUT2D eigenvalue weighted by molar-refractivity contribution is 1.01. The van der Waals surface area contributed by atoms with Crippen LogP contribution in [-0.4, -0.2) is 9.38 Å². The Morgan fingerprint density at radius 2 is 2.10 bits per heavy atom. The highest BCUT2D eigenvalue weighted by Gasteiger charge is 2.05. The maximum atomic E-state index is 12.0. The van der Waals surface area contributed by atoms with E-state index in [4.69, 9.17) is 5.73 Å². The van der Waals surface area contributed by atoms with Crippen molar-refractivity contribution in [2.45, 2.75) is 10.6 Å². The largest absolute Gasteiger partial charge is 0.399 e. The van der Waals surface area contributed by atoms with Crippen molar-refractivity contribution in [2.24, 2.45) is 0 Å². The lowest BCUT2D eigenvalue weighted by Gasteiger charge is -2.06. The molecule has 106 valence electrons. The molecule has 0 saturated heterocycles. The number of aromatic nitrogens is 2. The van der Waals surface area contributed by atoms with Crippen LogP contribution in [0.5, 0.6) is 0 Å². The lowest BCUT2D eigenvalue weighted by Crippen LogP contribution is -2.14. The molecular weight excluding hydrogens is 350 g/mol. The van der Waals surface area contributed by atoms with Crippen LogP contribution >= 0.6 is 27.7 Å². The molecule has 0 amide bonds. The average molecular weight is 362 g/mol. The molecule has 0 aliphatic carbocycles. The molecule has 0 unspecified atom stereocenters. The van der Waals surface area contributed by atoms with Crippen molar-refractivity contribution in [1.29, 1.82) is 0 Å². The van der Waals surface area contributed by atoms with Gasteiger partial charge in [0, 0.05) is 33.1 Å². The summed E-state index contributed by atoms with van der Waals surface area (Å²) in [5.74, 6) is 0.628. The van der Waals surface area contributed by atoms with Gasteiger partial charge in [-0.1, -0.05) is 6.07 Å². The number of hydrogen-bond acceptors (Lipinski definition) is 4. The summed E-state index contributed by atoms with van der Waals surface area (Å²) < 4.78 is 2.48. The van der Waals surface area contributed by atoms with Crippen LogP contribution in [0.1, 0.15) is 5.69 Å². The van der Waals surface area contributed by atoms with E-state index in [0.29, 0.717) is 17.1 Å². The molecule has 4 nitrogen and oxygen atoms in total. The number of halogens is 1. The maximum absolute atomic E-state index is 12.0. The number of benzene rings is 1. The molecule has 0 saturated carbocycles. The molecule has 2 heterocycles. The van der Waals surface area contributed by atoms with Gasteiger partial charge in [-0.05, 0) is 46.3 Å². The zero-order chi connectivity index (χ0) is 14.8. The number of hydrogen-bond donors (Lipinski definition) is 1. The summed E-state index contributed by atoms with van der Waals surface area (Å²) >= 11 is 5.10. The van der Waals surface area contributed by atoms with Crippen LogP contribution in [0, 0.1) is 0 Å². The smallest absolute Gasteiger partial charge is 0.258 e. The number of nitrogen functional groups attached to an aromatic ring is 1. The molecule has 2 N–H and O–H groups in total. The Labute approximate surface area is 134 Å². The Balaban J connectivity index is 1.87. The third-order valence-electron chi connectivity index (χ3n) is 2.96. The van der Waals surface area contributed by atoms with Crippen molar-refractivity contribution in [3.05, 3.63) is 69.2 Å². The maximum Gasteiger partial charge on any atom is 0.258 e. The van der Waals surface area contributed by atoms with Gasteiger partial charge in [-0.3, -0.25) is 9.20 Å². The van der Waals surface area contributed by atoms with Gasteiger partial charge in [0.15, 0.2) is 0 Å². The molecule has 0 aliphatic heterocycles. The third kappa shape index (κ3) is 3.11. The second-order valence-electron chi connectivity index (χ2n) is 4.49. The molecule has 0 aliphatic rings. The first kappa shape index (κ1) is 14.2. The minimum Gasteiger partial charge on any atom is -0.399 e. The Morgan fingerprint density at radius 3 is 2.90 bits per heavy atom. The van der Waals surface area contributed by atoms with Gasteiger partial charge in [0.25, 0.3) is 5.56 Å². The van der Waals surface area contributed by atoms with Crippen molar-refractivity contribution >= 4 is 39.0 Å². The topological polar surface area (TPSA) is 60.4 Å². The van der Waals surface area contributed by atoms with E-state index in [1.807, 2.05) is 36.4 Å². The monoisotopic (exact) mass is 361 g/mol. The Kier molecular flexibility index (Phi) is 3.98. The summed E-state index contributed by atoms with van der Waals surface area (Å²) in [6.45, 7) is 0. The second-order valence-corrected chi connectivity index (χ2v) is 6.36. The standard InChI is InChI=1S/C15H12BrN3OS/c16-12-7-10(17)4-5-13(12)21-9-11-8-15(20)19-6-2-1-3-14(19)18-11/h1-8H,9,17H2. The summed E-state index contributed by atoms with van der Waals surface area (Å²) in [6, 6.07) is 12.8. The molecule has 21 heavy (non-hydrogen) atoms. The first-order valence-corrected chi connectivity index (χ1v) is 8.06. The van der Waals surface area contributed by atoms with Crippen molar-refractivity contribution in [3.8, 4) is 0 Å². The SMILES string of the molecule is Nc1ccc(SCc2cc(=O)n3ccccc3n2)c(Br)c1. The normalized spacial score (nSPS) is 10.9. The Hall–Kier alpha value is -1.79. The van der Waals surface area contributed by atoms with Gasteiger partial charge in [-0.2, -0.15) is 0 Å². The summed E-state index contributed by atoms with van der Waals surface area (Å²) in [7, 11) is 0. The first-order chi connectivity index (χ1) is 10.1. The van der Waals surface area contributed by atoms with Gasteiger partial charge in [0.2, 0.25) is 0 Å². The van der Waals surface area contributed by atoms with E-state index in [1.54, 1.807) is 24.0 Å². The summed E-state index contributed by atoms with van der Waals surface area (Å²) in [5.41, 5.74) is 7.80. The van der Waals surface area contributed by atoms with Gasteiger partial charge in [-0.15, -0.1) is 11.8 Å². The van der Waals surface area contributed by atoms with Gasteiger partial charge in [-0.25, -0.2) is 4.98 Å². The van der Waals surface area contributed by atoms with Crippen LogP contribution in [0.2, 0.25) is 0 Å².